The molecule has 0 atom stereocenters. The minimum atomic E-state index is -0.311. The Balaban J connectivity index is 1.81. The fraction of sp³-hybridized carbons (Fsp3) is 0.375. The molecule has 0 aliphatic heterocycles. The first-order valence-electron chi connectivity index (χ1n) is 4.71. The third-order valence-corrected chi connectivity index (χ3v) is 2.82. The van der Waals surface area contributed by atoms with Crippen molar-refractivity contribution in [1.82, 2.24) is 25.7 Å². The second kappa shape index (κ2) is 5.19. The summed E-state index contributed by atoms with van der Waals surface area (Å²) in [5.74, 6) is 0.745. The van der Waals surface area contributed by atoms with Crippen LogP contribution in [-0.2, 0) is 6.42 Å². The van der Waals surface area contributed by atoms with Crippen LogP contribution in [0.3, 0.4) is 0 Å². The van der Waals surface area contributed by atoms with Crippen molar-refractivity contribution in [1.29, 1.82) is 0 Å². The van der Waals surface area contributed by atoms with Gasteiger partial charge >= 0.3 is 0 Å². The number of nitrogens with zero attached hydrogens (tertiary/aromatic N) is 4. The summed E-state index contributed by atoms with van der Waals surface area (Å²) in [7, 11) is 0. The number of carbonyl (C=O) groups excluding carboxylic acids is 1. The summed E-state index contributed by atoms with van der Waals surface area (Å²) < 4.78 is 5.04. The van der Waals surface area contributed by atoms with Crippen molar-refractivity contribution in [3.05, 3.63) is 21.2 Å². The van der Waals surface area contributed by atoms with Gasteiger partial charge in [-0.1, -0.05) is 16.5 Å². The summed E-state index contributed by atoms with van der Waals surface area (Å²) >= 11 is 6.60. The maximum atomic E-state index is 11.5. The van der Waals surface area contributed by atoms with Gasteiger partial charge in [-0.15, -0.1) is 10.2 Å². The first kappa shape index (κ1) is 11.9. The van der Waals surface area contributed by atoms with Crippen LogP contribution >= 0.6 is 22.9 Å². The summed E-state index contributed by atoms with van der Waals surface area (Å²) in [6.45, 7) is 2.10. The minimum absolute atomic E-state index is 0.235. The Bertz CT molecular complexity index is 525. The van der Waals surface area contributed by atoms with Crippen molar-refractivity contribution >= 4 is 28.8 Å². The summed E-state index contributed by atoms with van der Waals surface area (Å²) in [6.07, 6.45) is 0.496. The average molecular weight is 274 g/mol. The van der Waals surface area contributed by atoms with E-state index in [1.165, 1.54) is 0 Å². The molecular weight excluding hydrogens is 266 g/mol. The zero-order chi connectivity index (χ0) is 12.3. The highest BCUT2D eigenvalue weighted by molar-refractivity contribution is 7.17. The maximum Gasteiger partial charge on any atom is 0.282 e. The van der Waals surface area contributed by atoms with Crippen LogP contribution in [0.1, 0.15) is 21.5 Å². The lowest BCUT2D eigenvalue weighted by atomic mass is 10.4. The molecule has 2 aromatic heterocycles. The van der Waals surface area contributed by atoms with Crippen LogP contribution in [0.25, 0.3) is 0 Å². The predicted molar refractivity (Wildman–Crippen MR) is 60.0 cm³/mol. The van der Waals surface area contributed by atoms with E-state index in [0.29, 0.717) is 24.7 Å². The van der Waals surface area contributed by atoms with Crippen molar-refractivity contribution in [2.75, 3.05) is 6.54 Å². The minimum Gasteiger partial charge on any atom is -0.349 e. The largest absolute Gasteiger partial charge is 0.349 e. The van der Waals surface area contributed by atoms with E-state index in [1.807, 2.05) is 0 Å². The van der Waals surface area contributed by atoms with Gasteiger partial charge in [0, 0.05) is 19.9 Å². The molecule has 0 radical (unpaired) electrons. The average Bonchev–Trinajstić information content (AvgIpc) is 2.88. The molecule has 0 saturated carbocycles. The lowest BCUT2D eigenvalue weighted by Gasteiger charge is -1.98. The van der Waals surface area contributed by atoms with Gasteiger partial charge in [0.1, 0.15) is 0 Å². The van der Waals surface area contributed by atoms with Gasteiger partial charge in [-0.2, -0.15) is 4.98 Å². The van der Waals surface area contributed by atoms with E-state index in [9.17, 15) is 4.79 Å². The summed E-state index contributed by atoms with van der Waals surface area (Å²) in [6, 6.07) is 0. The van der Waals surface area contributed by atoms with Crippen LogP contribution in [0.5, 0.6) is 0 Å². The van der Waals surface area contributed by atoms with Gasteiger partial charge in [-0.25, -0.2) is 0 Å². The Labute approximate surface area is 105 Å². The van der Waals surface area contributed by atoms with Crippen molar-refractivity contribution in [3.63, 3.8) is 0 Å². The first-order valence-corrected chi connectivity index (χ1v) is 5.91. The lowest BCUT2D eigenvalue weighted by Crippen LogP contribution is -2.25. The van der Waals surface area contributed by atoms with E-state index in [1.54, 1.807) is 6.92 Å². The molecule has 7 nitrogen and oxygen atoms in total. The van der Waals surface area contributed by atoms with E-state index in [4.69, 9.17) is 16.1 Å². The summed E-state index contributed by atoms with van der Waals surface area (Å²) in [5.41, 5.74) is 0. The molecule has 0 aromatic carbocycles. The molecule has 0 saturated heterocycles. The topological polar surface area (TPSA) is 93.8 Å². The maximum absolute atomic E-state index is 11.5. The van der Waals surface area contributed by atoms with Crippen LogP contribution in [0, 0.1) is 6.92 Å². The summed E-state index contributed by atoms with van der Waals surface area (Å²) in [5, 5.41) is 13.8. The molecule has 2 heterocycles. The highest BCUT2D eigenvalue weighted by Gasteiger charge is 2.11. The van der Waals surface area contributed by atoms with Crippen LogP contribution in [0.2, 0.25) is 4.47 Å². The predicted octanol–water partition coefficient (Wildman–Crippen LogP) is 0.855. The standard InChI is InChI=1S/C8H8ClN5O2S/c1-4-11-5(14-16-4)2-3-10-6(15)7-12-13-8(9)17-7/h2-3H2,1H3,(H,10,15). The molecule has 0 spiro atoms. The Morgan fingerprint density at radius 2 is 2.35 bits per heavy atom. The highest BCUT2D eigenvalue weighted by atomic mass is 35.5. The van der Waals surface area contributed by atoms with Crippen molar-refractivity contribution in [2.24, 2.45) is 0 Å². The smallest absolute Gasteiger partial charge is 0.282 e. The fourth-order valence-corrected chi connectivity index (χ4v) is 1.85. The Morgan fingerprint density at radius 1 is 1.53 bits per heavy atom. The molecule has 1 amide bonds. The van der Waals surface area contributed by atoms with Crippen LogP contribution in [0.4, 0.5) is 0 Å². The van der Waals surface area contributed by atoms with Crippen molar-refractivity contribution in [3.8, 4) is 0 Å². The molecule has 9 heteroatoms. The number of aromatic nitrogens is 4. The number of carbonyl (C=O) groups is 1. The van der Waals surface area contributed by atoms with E-state index in [0.717, 1.165) is 11.3 Å². The molecule has 90 valence electrons. The third kappa shape index (κ3) is 3.21. The van der Waals surface area contributed by atoms with Crippen molar-refractivity contribution in [2.45, 2.75) is 13.3 Å². The van der Waals surface area contributed by atoms with Crippen molar-refractivity contribution < 1.29 is 9.32 Å². The molecule has 2 aromatic rings. The van der Waals surface area contributed by atoms with Crippen LogP contribution in [0.15, 0.2) is 4.52 Å². The quantitative estimate of drug-likeness (QED) is 0.888. The van der Waals surface area contributed by atoms with Gasteiger partial charge in [0.25, 0.3) is 5.91 Å². The molecule has 0 fully saturated rings. The molecule has 0 bridgehead atoms. The normalized spacial score (nSPS) is 10.5. The van der Waals surface area contributed by atoms with Gasteiger partial charge in [-0.05, 0) is 11.6 Å². The number of aryl methyl sites for hydroxylation is 1. The zero-order valence-electron chi connectivity index (χ0n) is 8.81. The lowest BCUT2D eigenvalue weighted by molar-refractivity contribution is 0.0953. The molecule has 2 rings (SSSR count). The van der Waals surface area contributed by atoms with Crippen LogP contribution < -0.4 is 5.32 Å². The van der Waals surface area contributed by atoms with Gasteiger partial charge < -0.3 is 9.84 Å². The first-order chi connectivity index (χ1) is 8.15. The number of halogens is 1. The molecule has 0 unspecified atom stereocenters. The molecule has 17 heavy (non-hydrogen) atoms. The molecule has 0 aliphatic carbocycles. The number of amides is 1. The van der Waals surface area contributed by atoms with E-state index >= 15 is 0 Å². The molecular formula is C8H8ClN5O2S. The zero-order valence-corrected chi connectivity index (χ0v) is 10.4. The Hall–Kier alpha value is -1.54. The number of rotatable bonds is 4. The Kier molecular flexibility index (Phi) is 3.64. The van der Waals surface area contributed by atoms with Gasteiger partial charge in [0.05, 0.1) is 0 Å². The molecule has 1 N–H and O–H groups in total. The highest BCUT2D eigenvalue weighted by Crippen LogP contribution is 2.14. The number of hydrogen-bond donors (Lipinski definition) is 1. The van der Waals surface area contributed by atoms with Gasteiger partial charge in [0.2, 0.25) is 15.4 Å². The van der Waals surface area contributed by atoms with E-state index in [-0.39, 0.29) is 15.4 Å². The summed E-state index contributed by atoms with van der Waals surface area (Å²) in [4.78, 5) is 15.5. The van der Waals surface area contributed by atoms with E-state index < -0.39 is 0 Å². The number of nitrogens with one attached hydrogen (secondary N) is 1. The second-order valence-electron chi connectivity index (χ2n) is 3.10. The van der Waals surface area contributed by atoms with E-state index in [2.05, 4.69) is 25.7 Å². The van der Waals surface area contributed by atoms with Gasteiger partial charge in [0.15, 0.2) is 5.82 Å². The van der Waals surface area contributed by atoms with Gasteiger partial charge in [-0.3, -0.25) is 4.79 Å². The fourth-order valence-electron chi connectivity index (χ4n) is 1.10. The second-order valence-corrected chi connectivity index (χ2v) is 4.66. The SMILES string of the molecule is Cc1nc(CCNC(=O)c2nnc(Cl)s2)no1. The molecule has 0 aliphatic rings. The van der Waals surface area contributed by atoms with Crippen LogP contribution in [-0.4, -0.2) is 32.8 Å². The third-order valence-electron chi connectivity index (χ3n) is 1.80. The number of hydrogen-bond acceptors (Lipinski definition) is 7. The Morgan fingerprint density at radius 3 is 2.94 bits per heavy atom. The monoisotopic (exact) mass is 273 g/mol.